The van der Waals surface area contributed by atoms with Crippen molar-refractivity contribution in [2.45, 2.75) is 26.3 Å². The number of para-hydroxylation sites is 2. The number of benzene rings is 1. The molecule has 1 aromatic heterocycles. The predicted octanol–water partition coefficient (Wildman–Crippen LogP) is 3.53. The molecule has 0 amide bonds. The monoisotopic (exact) mass is 273 g/mol. The fraction of sp³-hybridized carbons (Fsp3) is 0.400. The minimum atomic E-state index is 0.916. The summed E-state index contributed by atoms with van der Waals surface area (Å²) in [6.45, 7) is 5.16. The smallest absolute Gasteiger partial charge is 0.0928 e. The van der Waals surface area contributed by atoms with Crippen molar-refractivity contribution in [3.63, 3.8) is 0 Å². The molecule has 19 heavy (non-hydrogen) atoms. The molecule has 0 unspecified atom stereocenters. The van der Waals surface area contributed by atoms with Crippen molar-refractivity contribution < 1.29 is 0 Å². The number of hydrogen-bond acceptors (Lipinski definition) is 4. The Morgan fingerprint density at radius 2 is 2.26 bits per heavy atom. The van der Waals surface area contributed by atoms with Crippen LogP contribution < -0.4 is 10.2 Å². The van der Waals surface area contributed by atoms with Gasteiger partial charge in [0.25, 0.3) is 0 Å². The molecule has 0 aliphatic carbocycles. The molecule has 100 valence electrons. The van der Waals surface area contributed by atoms with Crippen LogP contribution in [0.25, 0.3) is 0 Å². The van der Waals surface area contributed by atoms with Crippen molar-refractivity contribution in [1.82, 2.24) is 4.98 Å². The van der Waals surface area contributed by atoms with E-state index in [0.717, 1.165) is 26.1 Å². The van der Waals surface area contributed by atoms with Crippen molar-refractivity contribution in [2.24, 2.45) is 0 Å². The van der Waals surface area contributed by atoms with Gasteiger partial charge in [-0.2, -0.15) is 0 Å². The lowest BCUT2D eigenvalue weighted by molar-refractivity contribution is 0.770. The highest BCUT2D eigenvalue weighted by Gasteiger charge is 2.16. The minimum Gasteiger partial charge on any atom is -0.382 e. The molecule has 0 spiro atoms. The summed E-state index contributed by atoms with van der Waals surface area (Å²) in [5, 5.41) is 6.91. The zero-order valence-electron chi connectivity index (χ0n) is 11.2. The quantitative estimate of drug-likeness (QED) is 0.923. The summed E-state index contributed by atoms with van der Waals surface area (Å²) in [6, 6.07) is 8.51. The van der Waals surface area contributed by atoms with Gasteiger partial charge in [0.2, 0.25) is 0 Å². The molecular weight excluding hydrogens is 254 g/mol. The molecule has 4 heteroatoms. The van der Waals surface area contributed by atoms with E-state index < -0.39 is 0 Å². The van der Waals surface area contributed by atoms with Crippen LogP contribution in [-0.2, 0) is 13.0 Å². The number of hydrogen-bond donors (Lipinski definition) is 1. The molecule has 2 heterocycles. The maximum Gasteiger partial charge on any atom is 0.0928 e. The van der Waals surface area contributed by atoms with Gasteiger partial charge in [-0.05, 0) is 25.0 Å². The molecule has 3 nitrogen and oxygen atoms in total. The van der Waals surface area contributed by atoms with E-state index in [-0.39, 0.29) is 0 Å². The molecule has 0 bridgehead atoms. The Bertz CT molecular complexity index is 550. The van der Waals surface area contributed by atoms with Crippen LogP contribution in [0.15, 0.2) is 29.6 Å². The normalized spacial score (nSPS) is 14.1. The number of anilines is 2. The molecule has 3 rings (SSSR count). The van der Waals surface area contributed by atoms with Gasteiger partial charge in [-0.3, -0.25) is 0 Å². The Morgan fingerprint density at radius 3 is 3.16 bits per heavy atom. The molecule has 0 fully saturated rings. The van der Waals surface area contributed by atoms with Crippen LogP contribution >= 0.6 is 11.3 Å². The summed E-state index contributed by atoms with van der Waals surface area (Å²) in [5.41, 5.74) is 3.72. The van der Waals surface area contributed by atoms with Crippen molar-refractivity contribution in [2.75, 3.05) is 23.3 Å². The first kappa shape index (κ1) is 12.5. The van der Waals surface area contributed by atoms with Gasteiger partial charge >= 0.3 is 0 Å². The van der Waals surface area contributed by atoms with Gasteiger partial charge in [-0.1, -0.05) is 19.1 Å². The van der Waals surface area contributed by atoms with Gasteiger partial charge in [0.1, 0.15) is 0 Å². The molecule has 2 aromatic rings. The van der Waals surface area contributed by atoms with E-state index in [1.807, 2.05) is 0 Å². The Morgan fingerprint density at radius 1 is 1.37 bits per heavy atom. The van der Waals surface area contributed by atoms with Crippen LogP contribution in [-0.4, -0.2) is 18.1 Å². The first-order valence-corrected chi connectivity index (χ1v) is 7.76. The number of thiazole rings is 1. The lowest BCUT2D eigenvalue weighted by Gasteiger charge is -2.31. The van der Waals surface area contributed by atoms with Crippen molar-refractivity contribution in [3.8, 4) is 0 Å². The third-order valence-electron chi connectivity index (χ3n) is 3.36. The summed E-state index contributed by atoms with van der Waals surface area (Å²) >= 11 is 1.79. The van der Waals surface area contributed by atoms with Gasteiger partial charge in [0, 0.05) is 18.5 Å². The second-order valence-electron chi connectivity index (χ2n) is 4.85. The number of aryl methyl sites for hydroxylation is 1. The highest BCUT2D eigenvalue weighted by Crippen LogP contribution is 2.29. The second-order valence-corrected chi connectivity index (χ2v) is 5.79. The van der Waals surface area contributed by atoms with Crippen molar-refractivity contribution in [3.05, 3.63) is 40.3 Å². The van der Waals surface area contributed by atoms with Gasteiger partial charge in [-0.25, -0.2) is 4.98 Å². The lowest BCUT2D eigenvalue weighted by atomic mass is 10.2. The number of aromatic nitrogens is 1. The minimum absolute atomic E-state index is 0.916. The van der Waals surface area contributed by atoms with Gasteiger partial charge in [0.15, 0.2) is 0 Å². The fourth-order valence-corrected chi connectivity index (χ4v) is 3.35. The third kappa shape index (κ3) is 2.73. The Labute approximate surface area is 118 Å². The van der Waals surface area contributed by atoms with E-state index in [0.29, 0.717) is 0 Å². The Kier molecular flexibility index (Phi) is 3.69. The molecular formula is C15H19N3S. The summed E-state index contributed by atoms with van der Waals surface area (Å²) in [7, 11) is 0. The van der Waals surface area contributed by atoms with E-state index in [1.165, 1.54) is 28.5 Å². The van der Waals surface area contributed by atoms with E-state index in [2.05, 4.69) is 46.8 Å². The highest BCUT2D eigenvalue weighted by atomic mass is 32.1. The highest BCUT2D eigenvalue weighted by molar-refractivity contribution is 7.09. The van der Waals surface area contributed by atoms with Crippen LogP contribution in [0.3, 0.4) is 0 Å². The van der Waals surface area contributed by atoms with E-state index >= 15 is 0 Å². The molecule has 0 atom stereocenters. The molecule has 0 radical (unpaired) electrons. The van der Waals surface area contributed by atoms with E-state index in [4.69, 9.17) is 4.98 Å². The largest absolute Gasteiger partial charge is 0.382 e. The first-order chi connectivity index (χ1) is 9.36. The molecule has 1 N–H and O–H groups in total. The van der Waals surface area contributed by atoms with Crippen LogP contribution in [0.1, 0.15) is 24.0 Å². The average Bonchev–Trinajstić information content (AvgIpc) is 2.87. The molecule has 1 aromatic carbocycles. The molecule has 1 aliphatic rings. The standard InChI is InChI=1S/C15H19N3S/c1-2-5-15-17-12(11-19-15)10-18-9-8-16-13-6-3-4-7-14(13)18/h3-4,6-7,11,16H,2,5,8-10H2,1H3. The maximum atomic E-state index is 4.72. The van der Waals surface area contributed by atoms with Crippen molar-refractivity contribution in [1.29, 1.82) is 0 Å². The summed E-state index contributed by atoms with van der Waals surface area (Å²) in [6.07, 6.45) is 2.27. The van der Waals surface area contributed by atoms with Crippen LogP contribution in [0.2, 0.25) is 0 Å². The summed E-state index contributed by atoms with van der Waals surface area (Å²) in [5.74, 6) is 0. The average molecular weight is 273 g/mol. The molecule has 0 saturated heterocycles. The zero-order valence-corrected chi connectivity index (χ0v) is 12.0. The van der Waals surface area contributed by atoms with Crippen LogP contribution in [0, 0.1) is 0 Å². The van der Waals surface area contributed by atoms with Gasteiger partial charge < -0.3 is 10.2 Å². The topological polar surface area (TPSA) is 28.2 Å². The first-order valence-electron chi connectivity index (χ1n) is 6.88. The number of nitrogens with zero attached hydrogens (tertiary/aromatic N) is 2. The number of rotatable bonds is 4. The Balaban J connectivity index is 1.76. The summed E-state index contributed by atoms with van der Waals surface area (Å²) in [4.78, 5) is 7.14. The SMILES string of the molecule is CCCc1nc(CN2CCNc3ccccc32)cs1. The van der Waals surface area contributed by atoms with E-state index in [9.17, 15) is 0 Å². The van der Waals surface area contributed by atoms with E-state index in [1.54, 1.807) is 11.3 Å². The molecule has 1 aliphatic heterocycles. The van der Waals surface area contributed by atoms with Crippen LogP contribution in [0.4, 0.5) is 11.4 Å². The van der Waals surface area contributed by atoms with Gasteiger partial charge in [0.05, 0.1) is 28.6 Å². The molecule has 0 saturated carbocycles. The lowest BCUT2D eigenvalue weighted by Crippen LogP contribution is -2.33. The van der Waals surface area contributed by atoms with Gasteiger partial charge in [-0.15, -0.1) is 11.3 Å². The summed E-state index contributed by atoms with van der Waals surface area (Å²) < 4.78 is 0. The third-order valence-corrected chi connectivity index (χ3v) is 4.32. The number of fused-ring (bicyclic) bond motifs is 1. The maximum absolute atomic E-state index is 4.72. The second kappa shape index (κ2) is 5.61. The zero-order chi connectivity index (χ0) is 13.1. The predicted molar refractivity (Wildman–Crippen MR) is 82.1 cm³/mol. The van der Waals surface area contributed by atoms with Crippen molar-refractivity contribution >= 4 is 22.7 Å². The fourth-order valence-electron chi connectivity index (χ4n) is 2.45. The van der Waals surface area contributed by atoms with Crippen LogP contribution in [0.5, 0.6) is 0 Å². The number of nitrogens with one attached hydrogen (secondary N) is 1. The Hall–Kier alpha value is -1.55.